The molecule has 0 bridgehead atoms. The van der Waals surface area contributed by atoms with Crippen LogP contribution in [0.5, 0.6) is 23.0 Å². The molecule has 12 nitrogen and oxygen atoms in total. The van der Waals surface area contributed by atoms with Gasteiger partial charge in [0.15, 0.2) is 23.1 Å². The number of para-hydroxylation sites is 1. The van der Waals surface area contributed by atoms with E-state index in [-0.39, 0.29) is 22.7 Å². The summed E-state index contributed by atoms with van der Waals surface area (Å²) in [7, 11) is 1.55. The summed E-state index contributed by atoms with van der Waals surface area (Å²) in [5.41, 5.74) is 2.99. The Hall–Kier alpha value is -5.30. The first-order valence-corrected chi connectivity index (χ1v) is 14.5. The van der Waals surface area contributed by atoms with Crippen LogP contribution >= 0.6 is 0 Å². The number of piperidine rings is 1. The van der Waals surface area contributed by atoms with Crippen LogP contribution in [0.15, 0.2) is 72.0 Å². The van der Waals surface area contributed by atoms with Crippen molar-refractivity contribution in [3.8, 4) is 23.0 Å². The molecule has 0 saturated carbocycles. The lowest BCUT2D eigenvalue weighted by atomic mass is 10.1. The van der Waals surface area contributed by atoms with Gasteiger partial charge in [0.2, 0.25) is 0 Å². The van der Waals surface area contributed by atoms with Crippen LogP contribution < -0.4 is 25.0 Å². The number of anilines is 1. The first kappa shape index (κ1) is 31.1. The molecule has 0 radical (unpaired) electrons. The quantitative estimate of drug-likeness (QED) is 0.0796. The van der Waals surface area contributed by atoms with Gasteiger partial charge in [0.1, 0.15) is 5.75 Å². The van der Waals surface area contributed by atoms with Crippen molar-refractivity contribution in [2.45, 2.75) is 25.7 Å². The molecule has 2 N–H and O–H groups in total. The predicted octanol–water partition coefficient (Wildman–Crippen LogP) is 6.49. The van der Waals surface area contributed by atoms with Gasteiger partial charge in [-0.05, 0) is 62.7 Å². The van der Waals surface area contributed by atoms with Crippen molar-refractivity contribution in [1.29, 1.82) is 0 Å². The van der Waals surface area contributed by atoms with Gasteiger partial charge in [-0.3, -0.25) is 15.1 Å². The second kappa shape index (κ2) is 14.9. The zero-order chi connectivity index (χ0) is 31.6. The first-order chi connectivity index (χ1) is 21.9. The Kier molecular flexibility index (Phi) is 10.3. The number of pyridine rings is 1. The number of rotatable bonds is 12. The normalized spacial score (nSPS) is 13.5. The van der Waals surface area contributed by atoms with Gasteiger partial charge < -0.3 is 24.4 Å². The maximum Gasteiger partial charge on any atom is 0.339 e. The fourth-order valence-electron chi connectivity index (χ4n) is 5.01. The summed E-state index contributed by atoms with van der Waals surface area (Å²) >= 11 is 0. The maximum absolute atomic E-state index is 15.0. The molecule has 0 unspecified atom stereocenters. The molecule has 45 heavy (non-hydrogen) atoms. The number of benzene rings is 3. The number of hydrogen-bond acceptors (Lipinski definition) is 9. The minimum absolute atomic E-state index is 0.0696. The largest absolute Gasteiger partial charge is 0.493 e. The summed E-state index contributed by atoms with van der Waals surface area (Å²) in [6.07, 6.45) is 7.41. The molecule has 1 aliphatic heterocycles. The zero-order valence-electron chi connectivity index (χ0n) is 24.7. The molecule has 0 spiro atoms. The standard InChI is InChI=1S/C32H33FN6O6/c1-43-30-19-24-26(20-31(30)44-17-7-16-38-14-5-2-6-15-38)34-13-12-28(24)45-29-11-10-23(18-25(29)33)36-32(40)37-35-21-22-8-3-4-9-27(22)39(41)42/h3-4,8-13,18-21H,2,5-7,14-17H2,1H3,(H2,36,37,40)/b35-21+. The number of hydrogen-bond donors (Lipinski definition) is 2. The van der Waals surface area contributed by atoms with E-state index in [1.807, 2.05) is 0 Å². The average molecular weight is 617 g/mol. The highest BCUT2D eigenvalue weighted by molar-refractivity contribution is 5.91. The Morgan fingerprint density at radius 1 is 1.07 bits per heavy atom. The molecule has 234 valence electrons. The van der Waals surface area contributed by atoms with Crippen LogP contribution in [0.2, 0.25) is 0 Å². The molecular formula is C32H33FN6O6. The van der Waals surface area contributed by atoms with Crippen molar-refractivity contribution in [3.63, 3.8) is 0 Å². The molecule has 1 saturated heterocycles. The van der Waals surface area contributed by atoms with E-state index in [2.05, 4.69) is 25.7 Å². The molecule has 1 aliphatic rings. The van der Waals surface area contributed by atoms with E-state index in [1.165, 1.54) is 49.6 Å². The second-order valence-corrected chi connectivity index (χ2v) is 10.3. The molecule has 2 amide bonds. The van der Waals surface area contributed by atoms with Crippen LogP contribution in [0.4, 0.5) is 20.6 Å². The van der Waals surface area contributed by atoms with Crippen LogP contribution in [-0.4, -0.2) is 60.4 Å². The number of nitro groups is 1. The number of nitrogens with one attached hydrogen (secondary N) is 2. The lowest BCUT2D eigenvalue weighted by molar-refractivity contribution is -0.385. The van der Waals surface area contributed by atoms with E-state index in [9.17, 15) is 14.9 Å². The van der Waals surface area contributed by atoms with Crippen molar-refractivity contribution in [2.75, 3.05) is 38.7 Å². The molecule has 5 rings (SSSR count). The van der Waals surface area contributed by atoms with Crippen LogP contribution in [0.3, 0.4) is 0 Å². The van der Waals surface area contributed by atoms with Crippen molar-refractivity contribution >= 4 is 34.5 Å². The van der Waals surface area contributed by atoms with E-state index in [1.54, 1.807) is 37.6 Å². The Labute approximate surface area is 259 Å². The number of nitrogens with zero attached hydrogens (tertiary/aromatic N) is 4. The van der Waals surface area contributed by atoms with Crippen LogP contribution in [0.1, 0.15) is 31.2 Å². The Balaban J connectivity index is 1.21. The fourth-order valence-corrected chi connectivity index (χ4v) is 5.01. The second-order valence-electron chi connectivity index (χ2n) is 10.3. The first-order valence-electron chi connectivity index (χ1n) is 14.5. The molecule has 4 aromatic rings. The molecule has 1 aromatic heterocycles. The number of fused-ring (bicyclic) bond motifs is 1. The molecule has 13 heteroatoms. The predicted molar refractivity (Wildman–Crippen MR) is 168 cm³/mol. The van der Waals surface area contributed by atoms with Gasteiger partial charge in [-0.2, -0.15) is 5.10 Å². The lowest BCUT2D eigenvalue weighted by Crippen LogP contribution is -2.31. The third kappa shape index (κ3) is 8.21. The van der Waals surface area contributed by atoms with Crippen molar-refractivity contribution in [1.82, 2.24) is 15.3 Å². The highest BCUT2D eigenvalue weighted by Gasteiger charge is 2.15. The number of amides is 2. The lowest BCUT2D eigenvalue weighted by Gasteiger charge is -2.26. The third-order valence-corrected chi connectivity index (χ3v) is 7.22. The number of aromatic nitrogens is 1. The SMILES string of the molecule is COc1cc2c(Oc3ccc(NC(=O)N/N=C/c4ccccc4[N+](=O)[O-])cc3F)ccnc2cc1OCCCN1CCCCC1. The number of hydrazone groups is 1. The van der Waals surface area contributed by atoms with Gasteiger partial charge >= 0.3 is 6.03 Å². The minimum Gasteiger partial charge on any atom is -0.493 e. The van der Waals surface area contributed by atoms with Gasteiger partial charge in [0.05, 0.1) is 35.9 Å². The van der Waals surface area contributed by atoms with Crippen LogP contribution in [0.25, 0.3) is 10.9 Å². The van der Waals surface area contributed by atoms with Gasteiger partial charge in [-0.25, -0.2) is 14.6 Å². The Morgan fingerprint density at radius 2 is 1.89 bits per heavy atom. The maximum atomic E-state index is 15.0. The van der Waals surface area contributed by atoms with E-state index >= 15 is 4.39 Å². The number of nitro benzene ring substituents is 1. The number of halogens is 1. The number of urea groups is 1. The number of likely N-dealkylation sites (tertiary alicyclic amines) is 1. The Morgan fingerprint density at radius 3 is 2.67 bits per heavy atom. The number of methoxy groups -OCH3 is 1. The molecule has 2 heterocycles. The summed E-state index contributed by atoms with van der Waals surface area (Å²) in [5, 5.41) is 17.9. The number of ether oxygens (including phenoxy) is 3. The summed E-state index contributed by atoms with van der Waals surface area (Å²) in [6.45, 7) is 3.81. The molecule has 0 atom stereocenters. The Bertz CT molecular complexity index is 1690. The highest BCUT2D eigenvalue weighted by atomic mass is 19.1. The third-order valence-electron chi connectivity index (χ3n) is 7.22. The fraction of sp³-hybridized carbons (Fsp3) is 0.281. The summed E-state index contributed by atoms with van der Waals surface area (Å²) in [6, 6.07) is 14.3. The monoisotopic (exact) mass is 616 g/mol. The average Bonchev–Trinajstić information content (AvgIpc) is 3.04. The summed E-state index contributed by atoms with van der Waals surface area (Å²) in [4.78, 5) is 29.7. The molecule has 3 aromatic carbocycles. The summed E-state index contributed by atoms with van der Waals surface area (Å²) < 4.78 is 32.6. The smallest absolute Gasteiger partial charge is 0.339 e. The van der Waals surface area contributed by atoms with Crippen LogP contribution in [-0.2, 0) is 0 Å². The minimum atomic E-state index is -0.769. The van der Waals surface area contributed by atoms with Gasteiger partial charge in [0, 0.05) is 42.0 Å². The van der Waals surface area contributed by atoms with E-state index in [0.717, 1.165) is 38.3 Å². The van der Waals surface area contributed by atoms with Crippen LogP contribution in [0, 0.1) is 15.9 Å². The van der Waals surface area contributed by atoms with E-state index in [4.69, 9.17) is 14.2 Å². The van der Waals surface area contributed by atoms with Crippen molar-refractivity contribution < 1.29 is 28.3 Å². The molecular weight excluding hydrogens is 583 g/mol. The number of carbonyl (C=O) groups is 1. The zero-order valence-corrected chi connectivity index (χ0v) is 24.7. The van der Waals surface area contributed by atoms with Crippen molar-refractivity contribution in [3.05, 3.63) is 88.4 Å². The summed E-state index contributed by atoms with van der Waals surface area (Å²) in [5.74, 6) is 0.645. The highest BCUT2D eigenvalue weighted by Crippen LogP contribution is 2.38. The molecule has 1 fully saturated rings. The van der Waals surface area contributed by atoms with E-state index in [0.29, 0.717) is 34.8 Å². The van der Waals surface area contributed by atoms with E-state index < -0.39 is 16.8 Å². The van der Waals surface area contributed by atoms with Crippen molar-refractivity contribution in [2.24, 2.45) is 5.10 Å². The van der Waals surface area contributed by atoms with Gasteiger partial charge in [-0.15, -0.1) is 0 Å². The molecule has 0 aliphatic carbocycles. The van der Waals surface area contributed by atoms with Gasteiger partial charge in [0.25, 0.3) is 5.69 Å². The topological polar surface area (TPSA) is 140 Å². The van der Waals surface area contributed by atoms with Gasteiger partial charge in [-0.1, -0.05) is 18.6 Å². The number of carbonyl (C=O) groups excluding carboxylic acids is 1.